The van der Waals surface area contributed by atoms with Crippen LogP contribution >= 0.6 is 11.3 Å². The minimum Gasteiger partial charge on any atom is -0.496 e. The van der Waals surface area contributed by atoms with Crippen molar-refractivity contribution in [2.75, 3.05) is 31.4 Å². The lowest BCUT2D eigenvalue weighted by atomic mass is 9.91. The summed E-state index contributed by atoms with van der Waals surface area (Å²) in [6, 6.07) is 9.69. The third-order valence-corrected chi connectivity index (χ3v) is 6.63. The maximum atomic E-state index is 11.9. The molecule has 9 heteroatoms. The van der Waals surface area contributed by atoms with Crippen molar-refractivity contribution in [2.45, 2.75) is 39.5 Å². The van der Waals surface area contributed by atoms with Crippen molar-refractivity contribution in [3.63, 3.8) is 0 Å². The molecule has 1 amide bonds. The number of rotatable bonds is 6. The first-order valence-electron chi connectivity index (χ1n) is 11.1. The van der Waals surface area contributed by atoms with E-state index in [-0.39, 0.29) is 11.3 Å². The number of ether oxygens (including phenoxy) is 1. The maximum absolute atomic E-state index is 11.9. The summed E-state index contributed by atoms with van der Waals surface area (Å²) in [7, 11) is 5.68. The third-order valence-electron chi connectivity index (χ3n) is 5.43. The minimum absolute atomic E-state index is 0.0612. The second kappa shape index (κ2) is 9.06. The smallest absolute Gasteiger partial charge is 0.224 e. The highest BCUT2D eigenvalue weighted by atomic mass is 32.1. The Kier molecular flexibility index (Phi) is 6.31. The summed E-state index contributed by atoms with van der Waals surface area (Å²) in [6.45, 7) is 8.23. The van der Waals surface area contributed by atoms with Crippen LogP contribution in [0.1, 0.15) is 44.7 Å². The minimum atomic E-state index is -0.202. The maximum Gasteiger partial charge on any atom is 0.224 e. The van der Waals surface area contributed by atoms with Gasteiger partial charge in [0.15, 0.2) is 11.5 Å². The van der Waals surface area contributed by atoms with Crippen molar-refractivity contribution in [3.05, 3.63) is 46.1 Å². The largest absolute Gasteiger partial charge is 0.496 e. The molecule has 34 heavy (non-hydrogen) atoms. The Morgan fingerprint density at radius 3 is 2.59 bits per heavy atom. The Bertz CT molecular complexity index is 1400. The van der Waals surface area contributed by atoms with Crippen molar-refractivity contribution in [1.82, 2.24) is 19.8 Å². The van der Waals surface area contributed by atoms with E-state index in [2.05, 4.69) is 59.4 Å². The molecule has 4 aromatic rings. The van der Waals surface area contributed by atoms with Crippen LogP contribution in [0.3, 0.4) is 0 Å². The molecule has 8 nitrogen and oxygen atoms in total. The SMILES string of the molecule is CCC(=O)Nc1ccc(OC)c(-c2nnc3/c(=C\c4ccc(N(C)C)s4)c(C(C)(C)C)nn23)c1. The van der Waals surface area contributed by atoms with Crippen LogP contribution in [0.25, 0.3) is 23.1 Å². The van der Waals surface area contributed by atoms with E-state index in [0.29, 0.717) is 34.9 Å². The predicted octanol–water partition coefficient (Wildman–Crippen LogP) is 4.12. The summed E-state index contributed by atoms with van der Waals surface area (Å²) < 4.78 is 7.37. The van der Waals surface area contributed by atoms with Gasteiger partial charge in [-0.1, -0.05) is 27.7 Å². The molecule has 0 atom stereocenters. The lowest BCUT2D eigenvalue weighted by molar-refractivity contribution is -0.115. The molecule has 0 saturated carbocycles. The van der Waals surface area contributed by atoms with Gasteiger partial charge in [-0.05, 0) is 36.4 Å². The van der Waals surface area contributed by atoms with Gasteiger partial charge in [-0.2, -0.15) is 9.61 Å². The van der Waals surface area contributed by atoms with Gasteiger partial charge in [0.1, 0.15) is 5.75 Å². The Labute approximate surface area is 203 Å². The molecule has 0 bridgehead atoms. The van der Waals surface area contributed by atoms with E-state index in [1.807, 2.05) is 39.2 Å². The Morgan fingerprint density at radius 1 is 1.21 bits per heavy atom. The van der Waals surface area contributed by atoms with Crippen molar-refractivity contribution in [2.24, 2.45) is 0 Å². The summed E-state index contributed by atoms with van der Waals surface area (Å²) in [4.78, 5) is 15.1. The van der Waals surface area contributed by atoms with Crippen LogP contribution in [0.4, 0.5) is 10.7 Å². The van der Waals surface area contributed by atoms with E-state index in [0.717, 1.165) is 15.8 Å². The van der Waals surface area contributed by atoms with E-state index < -0.39 is 0 Å². The normalized spacial score (nSPS) is 12.4. The molecule has 3 heterocycles. The zero-order valence-electron chi connectivity index (χ0n) is 20.6. The van der Waals surface area contributed by atoms with Gasteiger partial charge in [0.05, 0.1) is 23.4 Å². The molecule has 0 spiro atoms. The Balaban J connectivity index is 1.92. The number of nitrogens with zero attached hydrogens (tertiary/aromatic N) is 5. The summed E-state index contributed by atoms with van der Waals surface area (Å²) in [6.07, 6.45) is 2.53. The average molecular weight is 479 g/mol. The first kappa shape index (κ1) is 23.7. The molecule has 0 aliphatic heterocycles. The molecule has 0 unspecified atom stereocenters. The zero-order chi connectivity index (χ0) is 24.6. The number of anilines is 2. The molecule has 4 rings (SSSR count). The first-order chi connectivity index (χ1) is 16.1. The molecule has 0 aliphatic carbocycles. The van der Waals surface area contributed by atoms with Crippen molar-refractivity contribution < 1.29 is 9.53 Å². The van der Waals surface area contributed by atoms with Crippen LogP contribution < -0.4 is 20.2 Å². The van der Waals surface area contributed by atoms with Crippen molar-refractivity contribution in [3.8, 4) is 17.1 Å². The van der Waals surface area contributed by atoms with Crippen LogP contribution in [0, 0.1) is 0 Å². The lowest BCUT2D eigenvalue weighted by Gasteiger charge is -2.15. The lowest BCUT2D eigenvalue weighted by Crippen LogP contribution is -2.22. The van der Waals surface area contributed by atoms with E-state index >= 15 is 0 Å². The highest BCUT2D eigenvalue weighted by Gasteiger charge is 2.25. The van der Waals surface area contributed by atoms with Crippen LogP contribution in [-0.2, 0) is 10.2 Å². The number of thiophene rings is 1. The standard InChI is InChI=1S/C25H30N6O2S/c1-8-20(32)26-15-9-11-19(33-7)17(13-15)23-27-28-24-18(22(25(2,3)4)29-31(23)24)14-16-10-12-21(34-16)30(5)6/h9-14H,8H2,1-7H3,(H,26,32)/b18-14-. The molecule has 0 saturated heterocycles. The predicted molar refractivity (Wildman–Crippen MR) is 138 cm³/mol. The van der Waals surface area contributed by atoms with Crippen LogP contribution in [0.5, 0.6) is 5.75 Å². The van der Waals surface area contributed by atoms with Gasteiger partial charge >= 0.3 is 0 Å². The fourth-order valence-electron chi connectivity index (χ4n) is 3.67. The second-order valence-electron chi connectivity index (χ2n) is 9.30. The highest BCUT2D eigenvalue weighted by Crippen LogP contribution is 2.32. The quantitative estimate of drug-likeness (QED) is 0.449. The number of methoxy groups -OCH3 is 1. The summed E-state index contributed by atoms with van der Waals surface area (Å²) >= 11 is 1.71. The van der Waals surface area contributed by atoms with E-state index in [9.17, 15) is 4.79 Å². The van der Waals surface area contributed by atoms with E-state index in [4.69, 9.17) is 9.84 Å². The van der Waals surface area contributed by atoms with Gasteiger partial charge in [-0.25, -0.2) is 0 Å². The molecule has 178 valence electrons. The van der Waals surface area contributed by atoms with Gasteiger partial charge in [0.25, 0.3) is 0 Å². The van der Waals surface area contributed by atoms with Crippen LogP contribution in [0.2, 0.25) is 0 Å². The molecule has 0 radical (unpaired) electrons. The number of benzene rings is 1. The summed E-state index contributed by atoms with van der Waals surface area (Å²) in [5.41, 5.74) is 2.80. The topological polar surface area (TPSA) is 84.6 Å². The Hall–Kier alpha value is -3.46. The number of amides is 1. The summed E-state index contributed by atoms with van der Waals surface area (Å²) in [5.74, 6) is 1.13. The van der Waals surface area contributed by atoms with Crippen molar-refractivity contribution >= 4 is 39.7 Å². The molecule has 1 N–H and O–H groups in total. The monoisotopic (exact) mass is 478 g/mol. The Morgan fingerprint density at radius 2 is 1.97 bits per heavy atom. The molecular formula is C25H30N6O2S. The second-order valence-corrected chi connectivity index (χ2v) is 10.4. The van der Waals surface area contributed by atoms with Gasteiger partial charge in [0, 0.05) is 41.7 Å². The average Bonchev–Trinajstić information content (AvgIpc) is 3.49. The fourth-order valence-corrected chi connectivity index (χ4v) is 4.54. The molecule has 0 aliphatic rings. The number of carbonyl (C=O) groups excluding carboxylic acids is 1. The number of hydrogen-bond acceptors (Lipinski definition) is 7. The van der Waals surface area contributed by atoms with Crippen LogP contribution in [-0.4, -0.2) is 46.9 Å². The highest BCUT2D eigenvalue weighted by molar-refractivity contribution is 7.16. The third kappa shape index (κ3) is 4.48. The zero-order valence-corrected chi connectivity index (χ0v) is 21.4. The van der Waals surface area contributed by atoms with Gasteiger partial charge in [-0.15, -0.1) is 21.5 Å². The summed E-state index contributed by atoms with van der Waals surface area (Å²) in [5, 5.41) is 19.0. The molecule has 3 aromatic heterocycles. The van der Waals surface area contributed by atoms with Gasteiger partial charge in [-0.3, -0.25) is 4.79 Å². The molecule has 1 aromatic carbocycles. The molecular weight excluding hydrogens is 448 g/mol. The number of nitrogens with one attached hydrogen (secondary N) is 1. The number of carbonyl (C=O) groups is 1. The fraction of sp³-hybridized carbons (Fsp3) is 0.360. The van der Waals surface area contributed by atoms with Gasteiger partial charge < -0.3 is 15.0 Å². The first-order valence-corrected chi connectivity index (χ1v) is 12.0. The van der Waals surface area contributed by atoms with Crippen LogP contribution in [0.15, 0.2) is 30.3 Å². The number of hydrogen-bond donors (Lipinski definition) is 1. The number of aromatic nitrogens is 4. The number of fused-ring (bicyclic) bond motifs is 1. The van der Waals surface area contributed by atoms with Gasteiger partial charge in [0.2, 0.25) is 5.91 Å². The molecule has 0 fully saturated rings. The van der Waals surface area contributed by atoms with E-state index in [1.54, 1.807) is 23.0 Å². The van der Waals surface area contributed by atoms with E-state index in [1.165, 1.54) is 5.00 Å². The van der Waals surface area contributed by atoms with Crippen molar-refractivity contribution in [1.29, 1.82) is 0 Å².